The van der Waals surface area contributed by atoms with E-state index in [1.807, 2.05) is 0 Å². The minimum Gasteiger partial charge on any atom is -0.252 e. The van der Waals surface area contributed by atoms with Gasteiger partial charge in [-0.1, -0.05) is 12.8 Å². The van der Waals surface area contributed by atoms with Gasteiger partial charge in [0.1, 0.15) is 0 Å². The molecule has 2 rings (SSSR count). The Bertz CT molecular complexity index is 245. The molecule has 3 heteroatoms. The Morgan fingerprint density at radius 2 is 2.08 bits per heavy atom. The fraction of sp³-hybridized carbons (Fsp3) is 0.778. The highest BCUT2D eigenvalue weighted by atomic mass is 35.5. The lowest BCUT2D eigenvalue weighted by atomic mass is 9.81. The van der Waals surface area contributed by atoms with Crippen molar-refractivity contribution in [2.45, 2.75) is 38.6 Å². The largest absolute Gasteiger partial charge is 0.252 e. The molecule has 1 aliphatic carbocycles. The average Bonchev–Trinajstić information content (AvgIpc) is 2.04. The van der Waals surface area contributed by atoms with E-state index in [0.717, 1.165) is 0 Å². The SMILES string of the molecule is CC1=NC(Cl)=NC2CCCCC12. The number of halogens is 1. The van der Waals surface area contributed by atoms with Crippen LogP contribution in [0.1, 0.15) is 32.6 Å². The minimum absolute atomic E-state index is 0.434. The monoisotopic (exact) mass is 184 g/mol. The third kappa shape index (κ3) is 1.40. The standard InChI is InChI=1S/C9H13ClN2/c1-6-7-4-2-3-5-8(7)12-9(10)11-6/h7-8H,2-5H2,1H3. The molecule has 1 heterocycles. The van der Waals surface area contributed by atoms with Crippen LogP contribution in [0.5, 0.6) is 0 Å². The summed E-state index contributed by atoms with van der Waals surface area (Å²) in [5.41, 5.74) is 1.18. The van der Waals surface area contributed by atoms with Crippen LogP contribution in [-0.4, -0.2) is 17.0 Å². The Labute approximate surface area is 77.7 Å². The van der Waals surface area contributed by atoms with E-state index < -0.39 is 0 Å². The highest BCUT2D eigenvalue weighted by molar-refractivity contribution is 6.65. The Morgan fingerprint density at radius 3 is 2.92 bits per heavy atom. The van der Waals surface area contributed by atoms with Gasteiger partial charge in [-0.25, -0.2) is 4.99 Å². The van der Waals surface area contributed by atoms with Gasteiger partial charge in [0.05, 0.1) is 6.04 Å². The highest BCUT2D eigenvalue weighted by Gasteiger charge is 2.29. The first-order chi connectivity index (χ1) is 5.77. The second kappa shape index (κ2) is 3.17. The summed E-state index contributed by atoms with van der Waals surface area (Å²) in [4.78, 5) is 8.55. The summed E-state index contributed by atoms with van der Waals surface area (Å²) in [6.07, 6.45) is 5.05. The van der Waals surface area contributed by atoms with Crippen molar-refractivity contribution >= 4 is 22.6 Å². The summed E-state index contributed by atoms with van der Waals surface area (Å²) in [6.45, 7) is 2.07. The molecule has 0 aromatic carbocycles. The molecule has 66 valence electrons. The Balaban J connectivity index is 2.21. The zero-order valence-electron chi connectivity index (χ0n) is 7.26. The van der Waals surface area contributed by atoms with Crippen molar-refractivity contribution in [3.05, 3.63) is 0 Å². The summed E-state index contributed by atoms with van der Waals surface area (Å²) in [6, 6.07) is 0.434. The van der Waals surface area contributed by atoms with Gasteiger partial charge in [0, 0.05) is 11.6 Å². The fourth-order valence-electron chi connectivity index (χ4n) is 2.15. The van der Waals surface area contributed by atoms with E-state index in [4.69, 9.17) is 11.6 Å². The molecule has 0 aromatic rings. The molecule has 0 bridgehead atoms. The van der Waals surface area contributed by atoms with Crippen LogP contribution < -0.4 is 0 Å². The van der Waals surface area contributed by atoms with E-state index in [-0.39, 0.29) is 0 Å². The topological polar surface area (TPSA) is 24.7 Å². The maximum Gasteiger partial charge on any atom is 0.217 e. The fourth-order valence-corrected chi connectivity index (χ4v) is 2.41. The predicted octanol–water partition coefficient (Wildman–Crippen LogP) is 2.61. The molecule has 0 amide bonds. The number of hydrogen-bond donors (Lipinski definition) is 0. The maximum absolute atomic E-state index is 5.79. The van der Waals surface area contributed by atoms with Gasteiger partial charge in [-0.3, -0.25) is 4.99 Å². The number of aliphatic imine (C=N–C) groups is 2. The summed E-state index contributed by atoms with van der Waals surface area (Å²) in [7, 11) is 0. The lowest BCUT2D eigenvalue weighted by molar-refractivity contribution is 0.378. The third-order valence-corrected chi connectivity index (χ3v) is 2.99. The quantitative estimate of drug-likeness (QED) is 0.517. The number of fused-ring (bicyclic) bond motifs is 1. The van der Waals surface area contributed by atoms with Crippen molar-refractivity contribution in [3.63, 3.8) is 0 Å². The Kier molecular flexibility index (Phi) is 2.18. The van der Waals surface area contributed by atoms with E-state index >= 15 is 0 Å². The molecule has 2 aliphatic rings. The van der Waals surface area contributed by atoms with Crippen LogP contribution in [-0.2, 0) is 0 Å². The molecular formula is C9H13ClN2. The molecule has 1 fully saturated rings. The van der Waals surface area contributed by atoms with Gasteiger partial charge in [-0.05, 0) is 31.4 Å². The van der Waals surface area contributed by atoms with Gasteiger partial charge in [-0.15, -0.1) is 0 Å². The summed E-state index contributed by atoms with van der Waals surface area (Å²) in [5.74, 6) is 0.584. The van der Waals surface area contributed by atoms with Crippen LogP contribution in [0, 0.1) is 5.92 Å². The first-order valence-electron chi connectivity index (χ1n) is 4.56. The number of amidine groups is 1. The zero-order chi connectivity index (χ0) is 8.55. The second-order valence-electron chi connectivity index (χ2n) is 3.61. The maximum atomic E-state index is 5.79. The lowest BCUT2D eigenvalue weighted by Gasteiger charge is -2.30. The minimum atomic E-state index is 0.434. The van der Waals surface area contributed by atoms with Crippen molar-refractivity contribution in [2.75, 3.05) is 0 Å². The summed E-state index contributed by atoms with van der Waals surface area (Å²) < 4.78 is 0. The van der Waals surface area contributed by atoms with Crippen LogP contribution >= 0.6 is 11.6 Å². The van der Waals surface area contributed by atoms with E-state index in [9.17, 15) is 0 Å². The van der Waals surface area contributed by atoms with Gasteiger partial charge in [0.25, 0.3) is 0 Å². The Hall–Kier alpha value is -0.370. The van der Waals surface area contributed by atoms with Crippen molar-refractivity contribution in [2.24, 2.45) is 15.9 Å². The number of rotatable bonds is 0. The molecule has 0 radical (unpaired) electrons. The summed E-state index contributed by atoms with van der Waals surface area (Å²) >= 11 is 5.79. The smallest absolute Gasteiger partial charge is 0.217 e. The van der Waals surface area contributed by atoms with Gasteiger partial charge < -0.3 is 0 Å². The second-order valence-corrected chi connectivity index (χ2v) is 3.95. The van der Waals surface area contributed by atoms with Crippen LogP contribution in [0.15, 0.2) is 9.98 Å². The van der Waals surface area contributed by atoms with Crippen LogP contribution in [0.25, 0.3) is 0 Å². The Morgan fingerprint density at radius 1 is 1.33 bits per heavy atom. The molecule has 0 aromatic heterocycles. The summed E-state index contributed by atoms with van der Waals surface area (Å²) in [5, 5.41) is 0.454. The van der Waals surface area contributed by atoms with Crippen molar-refractivity contribution in [1.82, 2.24) is 0 Å². The van der Waals surface area contributed by atoms with Crippen LogP contribution in [0.4, 0.5) is 0 Å². The van der Waals surface area contributed by atoms with Gasteiger partial charge in [0.15, 0.2) is 0 Å². The lowest BCUT2D eigenvalue weighted by Crippen LogP contribution is -2.32. The van der Waals surface area contributed by atoms with Gasteiger partial charge >= 0.3 is 0 Å². The van der Waals surface area contributed by atoms with Gasteiger partial charge in [-0.2, -0.15) is 0 Å². The van der Waals surface area contributed by atoms with Crippen molar-refractivity contribution in [3.8, 4) is 0 Å². The molecule has 1 aliphatic heterocycles. The van der Waals surface area contributed by atoms with Gasteiger partial charge in [0.2, 0.25) is 5.29 Å². The van der Waals surface area contributed by atoms with Crippen LogP contribution in [0.3, 0.4) is 0 Å². The van der Waals surface area contributed by atoms with E-state index in [2.05, 4.69) is 16.9 Å². The normalized spacial score (nSPS) is 35.2. The molecule has 0 N–H and O–H groups in total. The molecule has 2 atom stereocenters. The molecule has 2 unspecified atom stereocenters. The number of hydrogen-bond acceptors (Lipinski definition) is 2. The zero-order valence-corrected chi connectivity index (χ0v) is 8.01. The van der Waals surface area contributed by atoms with E-state index in [0.29, 0.717) is 17.3 Å². The third-order valence-electron chi connectivity index (χ3n) is 2.81. The van der Waals surface area contributed by atoms with Crippen LogP contribution in [0.2, 0.25) is 0 Å². The first kappa shape index (κ1) is 8.24. The number of nitrogens with zero attached hydrogens (tertiary/aromatic N) is 2. The molecule has 1 saturated carbocycles. The molecule has 0 spiro atoms. The molecular weight excluding hydrogens is 172 g/mol. The average molecular weight is 185 g/mol. The highest BCUT2D eigenvalue weighted by Crippen LogP contribution is 2.30. The van der Waals surface area contributed by atoms with Crippen molar-refractivity contribution < 1.29 is 0 Å². The predicted molar refractivity (Wildman–Crippen MR) is 52.1 cm³/mol. The van der Waals surface area contributed by atoms with Crippen molar-refractivity contribution in [1.29, 1.82) is 0 Å². The first-order valence-corrected chi connectivity index (χ1v) is 4.93. The van der Waals surface area contributed by atoms with E-state index in [1.54, 1.807) is 0 Å². The van der Waals surface area contributed by atoms with E-state index in [1.165, 1.54) is 31.4 Å². The molecule has 12 heavy (non-hydrogen) atoms. The molecule has 0 saturated heterocycles. The molecule has 2 nitrogen and oxygen atoms in total.